The molecule has 0 aromatic heterocycles. The Labute approximate surface area is 118 Å². The van der Waals surface area contributed by atoms with E-state index in [0.717, 1.165) is 18.6 Å². The van der Waals surface area contributed by atoms with E-state index in [9.17, 15) is 9.90 Å². The number of hydrogen-bond donors (Lipinski definition) is 2. The van der Waals surface area contributed by atoms with Gasteiger partial charge in [-0.15, -0.1) is 0 Å². The van der Waals surface area contributed by atoms with Gasteiger partial charge in [-0.05, 0) is 30.9 Å². The Balaban J connectivity index is 1.95. The van der Waals surface area contributed by atoms with Gasteiger partial charge in [0.25, 0.3) is 0 Å². The summed E-state index contributed by atoms with van der Waals surface area (Å²) < 4.78 is 0. The van der Waals surface area contributed by atoms with Gasteiger partial charge in [0.1, 0.15) is 5.54 Å². The van der Waals surface area contributed by atoms with Gasteiger partial charge in [0.05, 0.1) is 0 Å². The van der Waals surface area contributed by atoms with Crippen molar-refractivity contribution in [3.63, 3.8) is 0 Å². The first-order valence-corrected chi connectivity index (χ1v) is 7.94. The van der Waals surface area contributed by atoms with Crippen molar-refractivity contribution >= 4 is 17.7 Å². The number of benzene rings is 1. The van der Waals surface area contributed by atoms with Gasteiger partial charge < -0.3 is 10.4 Å². The number of carboxylic acid groups (broad SMARTS) is 1. The predicted molar refractivity (Wildman–Crippen MR) is 79.4 cm³/mol. The Bertz CT molecular complexity index is 419. The monoisotopic (exact) mass is 279 g/mol. The molecule has 3 nitrogen and oxygen atoms in total. The molecule has 1 fully saturated rings. The van der Waals surface area contributed by atoms with Crippen LogP contribution in [-0.4, -0.2) is 28.9 Å². The van der Waals surface area contributed by atoms with Gasteiger partial charge >= 0.3 is 5.97 Å². The second-order valence-electron chi connectivity index (χ2n) is 5.06. The van der Waals surface area contributed by atoms with Crippen molar-refractivity contribution in [2.24, 2.45) is 5.92 Å². The Kier molecular flexibility index (Phi) is 4.88. The molecule has 104 valence electrons. The van der Waals surface area contributed by atoms with Crippen LogP contribution in [0.15, 0.2) is 30.3 Å². The van der Waals surface area contributed by atoms with Crippen molar-refractivity contribution in [3.05, 3.63) is 35.9 Å². The van der Waals surface area contributed by atoms with Gasteiger partial charge in [-0.2, -0.15) is 11.8 Å². The zero-order chi connectivity index (χ0) is 13.7. The molecular formula is C15H21NO2S. The summed E-state index contributed by atoms with van der Waals surface area (Å²) in [6, 6.07) is 10.2. The molecule has 0 aliphatic heterocycles. The fourth-order valence-electron chi connectivity index (χ4n) is 2.42. The summed E-state index contributed by atoms with van der Waals surface area (Å²) in [6.07, 6.45) is 2.07. The first-order valence-electron chi connectivity index (χ1n) is 6.79. The summed E-state index contributed by atoms with van der Waals surface area (Å²) in [5.41, 5.74) is 0.521. The van der Waals surface area contributed by atoms with Crippen LogP contribution in [0.1, 0.15) is 25.3 Å². The minimum atomic E-state index is -0.728. The van der Waals surface area contributed by atoms with Crippen molar-refractivity contribution in [2.45, 2.75) is 31.1 Å². The minimum absolute atomic E-state index is 0.299. The van der Waals surface area contributed by atoms with E-state index in [1.54, 1.807) is 11.8 Å². The van der Waals surface area contributed by atoms with Crippen LogP contribution in [0.25, 0.3) is 0 Å². The molecule has 19 heavy (non-hydrogen) atoms. The zero-order valence-electron chi connectivity index (χ0n) is 11.3. The Morgan fingerprint density at radius 3 is 2.63 bits per heavy atom. The van der Waals surface area contributed by atoms with Crippen LogP contribution in [0.3, 0.4) is 0 Å². The summed E-state index contributed by atoms with van der Waals surface area (Å²) >= 11 is 1.71. The van der Waals surface area contributed by atoms with Crippen LogP contribution in [0.4, 0.5) is 0 Å². The van der Waals surface area contributed by atoms with Crippen molar-refractivity contribution in [2.75, 3.05) is 12.3 Å². The second kappa shape index (κ2) is 6.44. The normalized spacial score (nSPS) is 17.9. The van der Waals surface area contributed by atoms with E-state index in [1.807, 2.05) is 25.1 Å². The van der Waals surface area contributed by atoms with E-state index in [4.69, 9.17) is 0 Å². The molecule has 0 bridgehead atoms. The lowest BCUT2D eigenvalue weighted by Crippen LogP contribution is -2.56. The number of hydrogen-bond acceptors (Lipinski definition) is 3. The number of aliphatic carboxylic acids is 1. The summed E-state index contributed by atoms with van der Waals surface area (Å²) in [5, 5.41) is 12.8. The maximum atomic E-state index is 11.7. The fraction of sp³-hybridized carbons (Fsp3) is 0.533. The Morgan fingerprint density at radius 2 is 2.11 bits per heavy atom. The van der Waals surface area contributed by atoms with E-state index in [1.165, 1.54) is 5.56 Å². The Hall–Kier alpha value is -1.00. The molecule has 0 spiro atoms. The van der Waals surface area contributed by atoms with E-state index in [-0.39, 0.29) is 0 Å². The van der Waals surface area contributed by atoms with Crippen LogP contribution >= 0.6 is 11.8 Å². The number of carboxylic acids is 1. The maximum absolute atomic E-state index is 11.7. The van der Waals surface area contributed by atoms with Crippen LogP contribution in [-0.2, 0) is 10.5 Å². The van der Waals surface area contributed by atoms with Crippen LogP contribution in [0.5, 0.6) is 0 Å². The smallest absolute Gasteiger partial charge is 0.325 e. The highest BCUT2D eigenvalue weighted by Crippen LogP contribution is 2.42. The molecule has 0 heterocycles. The lowest BCUT2D eigenvalue weighted by molar-refractivity contribution is -0.144. The first-order chi connectivity index (χ1) is 9.19. The molecule has 1 atom stereocenters. The van der Waals surface area contributed by atoms with Gasteiger partial charge in [0, 0.05) is 11.5 Å². The third-order valence-electron chi connectivity index (χ3n) is 3.59. The van der Waals surface area contributed by atoms with Crippen LogP contribution in [0.2, 0.25) is 0 Å². The summed E-state index contributed by atoms with van der Waals surface area (Å²) in [6.45, 7) is 2.68. The third kappa shape index (κ3) is 3.51. The summed E-state index contributed by atoms with van der Waals surface area (Å²) in [7, 11) is 0. The predicted octanol–water partition coefficient (Wildman–Crippen LogP) is 2.76. The number of likely N-dealkylation sites (N-methyl/N-ethyl adjacent to an activating group) is 1. The van der Waals surface area contributed by atoms with E-state index >= 15 is 0 Å². The van der Waals surface area contributed by atoms with E-state index in [2.05, 4.69) is 17.4 Å². The molecular weight excluding hydrogens is 258 g/mol. The quantitative estimate of drug-likeness (QED) is 0.768. The van der Waals surface area contributed by atoms with Gasteiger partial charge in [0.15, 0.2) is 0 Å². The summed E-state index contributed by atoms with van der Waals surface area (Å²) in [5.74, 6) is 1.11. The zero-order valence-corrected chi connectivity index (χ0v) is 12.1. The van der Waals surface area contributed by atoms with Crippen LogP contribution < -0.4 is 5.32 Å². The van der Waals surface area contributed by atoms with Crippen molar-refractivity contribution in [3.8, 4) is 0 Å². The summed E-state index contributed by atoms with van der Waals surface area (Å²) in [4.78, 5) is 11.7. The first kappa shape index (κ1) is 14.4. The van der Waals surface area contributed by atoms with E-state index in [0.29, 0.717) is 18.2 Å². The third-order valence-corrected chi connectivity index (χ3v) is 4.79. The minimum Gasteiger partial charge on any atom is -0.480 e. The van der Waals surface area contributed by atoms with Crippen molar-refractivity contribution < 1.29 is 9.90 Å². The van der Waals surface area contributed by atoms with Crippen LogP contribution in [0, 0.1) is 5.92 Å². The highest BCUT2D eigenvalue weighted by atomic mass is 32.2. The molecule has 1 aromatic carbocycles. The lowest BCUT2D eigenvalue weighted by Gasteiger charge is -2.30. The molecule has 1 aromatic rings. The fourth-order valence-corrected chi connectivity index (χ4v) is 3.73. The largest absolute Gasteiger partial charge is 0.480 e. The highest BCUT2D eigenvalue weighted by Gasteiger charge is 2.50. The molecule has 2 rings (SSSR count). The maximum Gasteiger partial charge on any atom is 0.325 e. The lowest BCUT2D eigenvalue weighted by atomic mass is 9.96. The second-order valence-corrected chi connectivity index (χ2v) is 6.05. The molecule has 1 unspecified atom stereocenters. The molecule has 0 radical (unpaired) electrons. The van der Waals surface area contributed by atoms with Gasteiger partial charge in [-0.25, -0.2) is 0 Å². The number of thioether (sulfide) groups is 1. The SMILES string of the molecule is CCNC(CSCc1ccccc1)(C(=O)O)C1CC1. The van der Waals surface area contributed by atoms with Crippen molar-refractivity contribution in [1.82, 2.24) is 5.32 Å². The molecule has 1 saturated carbocycles. The molecule has 2 N–H and O–H groups in total. The van der Waals surface area contributed by atoms with Gasteiger partial charge in [-0.3, -0.25) is 4.79 Å². The van der Waals surface area contributed by atoms with E-state index < -0.39 is 11.5 Å². The standard InChI is InChI=1S/C15H21NO2S/c1-2-16-15(14(17)18,13-8-9-13)11-19-10-12-6-4-3-5-7-12/h3-7,13,16H,2,8-11H2,1H3,(H,17,18). The molecule has 4 heteroatoms. The molecule has 0 saturated heterocycles. The average Bonchev–Trinajstić information content (AvgIpc) is 3.23. The van der Waals surface area contributed by atoms with Gasteiger partial charge in [-0.1, -0.05) is 37.3 Å². The Morgan fingerprint density at radius 1 is 1.42 bits per heavy atom. The molecule has 0 amide bonds. The number of carbonyl (C=O) groups is 1. The number of rotatable bonds is 8. The average molecular weight is 279 g/mol. The molecule has 1 aliphatic rings. The molecule has 1 aliphatic carbocycles. The van der Waals surface area contributed by atoms with Gasteiger partial charge in [0.2, 0.25) is 0 Å². The topological polar surface area (TPSA) is 49.3 Å². The number of nitrogens with one attached hydrogen (secondary N) is 1. The van der Waals surface area contributed by atoms with Crippen molar-refractivity contribution in [1.29, 1.82) is 0 Å². The highest BCUT2D eigenvalue weighted by molar-refractivity contribution is 7.98.